The van der Waals surface area contributed by atoms with Gasteiger partial charge in [0.25, 0.3) is 0 Å². The molecule has 0 bridgehead atoms. The molecule has 10 heavy (non-hydrogen) atoms. The van der Waals surface area contributed by atoms with E-state index >= 15 is 0 Å². The average Bonchev–Trinajstić information content (AvgIpc) is 1.80. The maximum absolute atomic E-state index is 10.0. The summed E-state index contributed by atoms with van der Waals surface area (Å²) in [4.78, 5) is 10.0. The van der Waals surface area contributed by atoms with Gasteiger partial charge in [-0.2, -0.15) is 0 Å². The summed E-state index contributed by atoms with van der Waals surface area (Å²) in [5.41, 5.74) is 1.22. The van der Waals surface area contributed by atoms with Gasteiger partial charge in [-0.05, 0) is 0 Å². The Morgan fingerprint density at radius 3 is 2.40 bits per heavy atom. The molecule has 0 spiro atoms. The molecule has 0 aliphatic heterocycles. The molecule has 0 radical (unpaired) electrons. The van der Waals surface area contributed by atoms with Crippen molar-refractivity contribution in [1.29, 1.82) is 0 Å². The second kappa shape index (κ2) is 3.79. The summed E-state index contributed by atoms with van der Waals surface area (Å²) >= 11 is -1.81. The average molecular weight is 207 g/mol. The number of hydroxylamine groups is 1. The van der Waals surface area contributed by atoms with Gasteiger partial charge in [-0.1, -0.05) is 0 Å². The van der Waals surface area contributed by atoms with Crippen molar-refractivity contribution in [2.75, 3.05) is 0 Å². The summed E-state index contributed by atoms with van der Waals surface area (Å²) in [7, 11) is -4.77. The predicted octanol–water partition coefficient (Wildman–Crippen LogP) is -1.14. The normalized spacial score (nSPS) is 10.5. The quantitative estimate of drug-likeness (QED) is 0.437. The number of amides is 1. The SMILES string of the molecule is [O]=[V][O]NC(=O)S(=O)(=O)O. The summed E-state index contributed by atoms with van der Waals surface area (Å²) in [6, 6.07) is 0. The van der Waals surface area contributed by atoms with Crippen molar-refractivity contribution in [3.63, 3.8) is 0 Å². The van der Waals surface area contributed by atoms with Crippen molar-refractivity contribution in [1.82, 2.24) is 5.48 Å². The molecule has 0 aliphatic rings. The molecular formula is CH2NO6SV. The molecule has 0 aromatic heterocycles. The van der Waals surface area contributed by atoms with Crippen LogP contribution in [0.1, 0.15) is 0 Å². The first-order valence-corrected chi connectivity index (χ1v) is 4.32. The van der Waals surface area contributed by atoms with E-state index in [-0.39, 0.29) is 0 Å². The van der Waals surface area contributed by atoms with E-state index in [1.807, 2.05) is 0 Å². The molecule has 0 saturated heterocycles. The molecule has 1 amide bonds. The fraction of sp³-hybridized carbons (Fsp3) is 0. The van der Waals surface area contributed by atoms with Crippen LogP contribution in [0.2, 0.25) is 0 Å². The number of nitrogens with one attached hydrogen (secondary N) is 1. The molecule has 0 fully saturated rings. The molecular weight excluding hydrogens is 205 g/mol. The van der Waals surface area contributed by atoms with Gasteiger partial charge < -0.3 is 0 Å². The van der Waals surface area contributed by atoms with Crippen LogP contribution < -0.4 is 5.48 Å². The van der Waals surface area contributed by atoms with Gasteiger partial charge in [0.05, 0.1) is 0 Å². The molecule has 0 heterocycles. The number of hydrogen-bond acceptors (Lipinski definition) is 5. The van der Waals surface area contributed by atoms with Crippen molar-refractivity contribution < 1.29 is 41.8 Å². The van der Waals surface area contributed by atoms with E-state index in [4.69, 9.17) is 4.55 Å². The van der Waals surface area contributed by atoms with Gasteiger partial charge in [0.15, 0.2) is 0 Å². The topological polar surface area (TPSA) is 110 Å². The molecule has 58 valence electrons. The monoisotopic (exact) mass is 207 g/mol. The number of rotatable bonds is 2. The van der Waals surface area contributed by atoms with E-state index in [0.717, 1.165) is 0 Å². The molecule has 0 rings (SSSR count). The van der Waals surface area contributed by atoms with E-state index < -0.39 is 31.9 Å². The fourth-order valence-corrected chi connectivity index (χ4v) is 0.542. The summed E-state index contributed by atoms with van der Waals surface area (Å²) in [5.74, 6) is 0. The van der Waals surface area contributed by atoms with Crippen LogP contribution in [-0.2, 0) is 34.1 Å². The van der Waals surface area contributed by atoms with Crippen molar-refractivity contribution in [2.24, 2.45) is 0 Å². The minimum atomic E-state index is -4.77. The van der Waals surface area contributed by atoms with Crippen LogP contribution >= 0.6 is 0 Å². The third-order valence-corrected chi connectivity index (χ3v) is 1.21. The van der Waals surface area contributed by atoms with Gasteiger partial charge in [-0.15, -0.1) is 0 Å². The van der Waals surface area contributed by atoms with Crippen LogP contribution in [-0.4, -0.2) is 18.2 Å². The van der Waals surface area contributed by atoms with Crippen LogP contribution in [0.3, 0.4) is 0 Å². The minimum absolute atomic E-state index is 1.22. The molecule has 0 atom stereocenters. The Balaban J connectivity index is 4.00. The van der Waals surface area contributed by atoms with Gasteiger partial charge >= 0.3 is 62.6 Å². The number of carbonyl (C=O) groups is 1. The summed E-state index contributed by atoms with van der Waals surface area (Å²) in [6.07, 6.45) is 0. The Morgan fingerprint density at radius 1 is 1.60 bits per heavy atom. The Kier molecular flexibility index (Phi) is 3.68. The second-order valence-electron chi connectivity index (χ2n) is 1.03. The number of hydrogen-bond donors (Lipinski definition) is 2. The Bertz CT molecular complexity index is 230. The Morgan fingerprint density at radius 2 is 2.10 bits per heavy atom. The first-order chi connectivity index (χ1) is 4.48. The predicted molar refractivity (Wildman–Crippen MR) is 21.9 cm³/mol. The molecule has 7 nitrogen and oxygen atoms in total. The van der Waals surface area contributed by atoms with Crippen LogP contribution in [0.15, 0.2) is 0 Å². The zero-order chi connectivity index (χ0) is 8.20. The first-order valence-electron chi connectivity index (χ1n) is 1.74. The van der Waals surface area contributed by atoms with Crippen molar-refractivity contribution in [2.45, 2.75) is 0 Å². The standard InChI is InChI=1S/CH2NO5S.O.V/c3-1(2-4)8(5,6)7;;/h(H2-,2,3,4,5,6,7);;/q-1;;+1. The van der Waals surface area contributed by atoms with E-state index in [2.05, 4.69) is 3.76 Å². The van der Waals surface area contributed by atoms with E-state index in [9.17, 15) is 16.9 Å². The Labute approximate surface area is 63.1 Å². The van der Waals surface area contributed by atoms with Crippen molar-refractivity contribution in [3.05, 3.63) is 0 Å². The van der Waals surface area contributed by atoms with Gasteiger partial charge in [0.2, 0.25) is 0 Å². The van der Waals surface area contributed by atoms with Crippen LogP contribution in [0.5, 0.6) is 0 Å². The van der Waals surface area contributed by atoms with Crippen LogP contribution in [0.4, 0.5) is 4.79 Å². The zero-order valence-corrected chi connectivity index (χ0v) is 6.56. The maximum atomic E-state index is 10.0. The molecule has 0 aromatic rings. The van der Waals surface area contributed by atoms with Crippen molar-refractivity contribution in [3.8, 4) is 0 Å². The van der Waals surface area contributed by atoms with Gasteiger partial charge in [-0.3, -0.25) is 0 Å². The molecule has 0 unspecified atom stereocenters. The Hall–Kier alpha value is -0.276. The van der Waals surface area contributed by atoms with E-state index in [1.165, 1.54) is 5.48 Å². The van der Waals surface area contributed by atoms with E-state index in [1.54, 1.807) is 0 Å². The summed E-state index contributed by atoms with van der Waals surface area (Å²) in [5, 5.41) is -1.74. The zero-order valence-electron chi connectivity index (χ0n) is 4.34. The molecule has 0 aromatic carbocycles. The molecule has 2 N–H and O–H groups in total. The third kappa shape index (κ3) is 3.69. The van der Waals surface area contributed by atoms with Gasteiger partial charge in [-0.25, -0.2) is 0 Å². The number of carbonyl (C=O) groups excluding carboxylic acids is 1. The fourth-order valence-electron chi connectivity index (χ4n) is 0.109. The van der Waals surface area contributed by atoms with Crippen LogP contribution in [0, 0.1) is 0 Å². The van der Waals surface area contributed by atoms with Gasteiger partial charge in [0.1, 0.15) is 0 Å². The van der Waals surface area contributed by atoms with Gasteiger partial charge in [0, 0.05) is 0 Å². The summed E-state index contributed by atoms with van der Waals surface area (Å²) < 4.78 is 40.8. The van der Waals surface area contributed by atoms with E-state index in [0.29, 0.717) is 0 Å². The molecule has 0 saturated carbocycles. The molecule has 9 heteroatoms. The second-order valence-corrected chi connectivity index (χ2v) is 2.87. The molecule has 0 aliphatic carbocycles. The first kappa shape index (κ1) is 9.72. The van der Waals surface area contributed by atoms with Crippen molar-refractivity contribution >= 4 is 15.4 Å². The third-order valence-electron chi connectivity index (χ3n) is 0.401. The summed E-state index contributed by atoms with van der Waals surface area (Å²) in [6.45, 7) is 0. The van der Waals surface area contributed by atoms with Crippen LogP contribution in [0.25, 0.3) is 0 Å².